The van der Waals surface area contributed by atoms with E-state index in [9.17, 15) is 4.79 Å². The maximum absolute atomic E-state index is 12.8. The van der Waals surface area contributed by atoms with Gasteiger partial charge in [-0.2, -0.15) is 0 Å². The molecular weight excluding hydrogens is 268 g/mol. The molecule has 0 unspecified atom stereocenters. The number of carbonyl (C=O) groups is 1. The molecule has 0 spiro atoms. The SMILES string of the molecule is COc1cccn2c(C(=O)N3CCN(C)CC3)c(C)nc12. The van der Waals surface area contributed by atoms with E-state index in [1.165, 1.54) is 0 Å². The monoisotopic (exact) mass is 288 g/mol. The fourth-order valence-electron chi connectivity index (χ4n) is 2.73. The summed E-state index contributed by atoms with van der Waals surface area (Å²) in [7, 11) is 3.69. The molecule has 6 heteroatoms. The lowest BCUT2D eigenvalue weighted by atomic mass is 10.2. The lowest BCUT2D eigenvalue weighted by molar-refractivity contribution is 0.0656. The largest absolute Gasteiger partial charge is 0.493 e. The molecule has 1 aliphatic rings. The first kappa shape index (κ1) is 13.9. The number of carbonyl (C=O) groups excluding carboxylic acids is 1. The van der Waals surface area contributed by atoms with Crippen molar-refractivity contribution in [2.24, 2.45) is 0 Å². The number of imidazole rings is 1. The summed E-state index contributed by atoms with van der Waals surface area (Å²) in [6, 6.07) is 3.72. The highest BCUT2D eigenvalue weighted by Gasteiger charge is 2.25. The highest BCUT2D eigenvalue weighted by Crippen LogP contribution is 2.22. The van der Waals surface area contributed by atoms with Crippen LogP contribution < -0.4 is 4.74 Å². The summed E-state index contributed by atoms with van der Waals surface area (Å²) >= 11 is 0. The van der Waals surface area contributed by atoms with Gasteiger partial charge < -0.3 is 14.5 Å². The van der Waals surface area contributed by atoms with Crippen molar-refractivity contribution < 1.29 is 9.53 Å². The van der Waals surface area contributed by atoms with Crippen molar-refractivity contribution in [1.29, 1.82) is 0 Å². The number of amides is 1. The molecule has 3 heterocycles. The molecule has 0 aliphatic carbocycles. The number of rotatable bonds is 2. The second-order valence-electron chi connectivity index (χ2n) is 5.41. The van der Waals surface area contributed by atoms with Crippen LogP contribution >= 0.6 is 0 Å². The van der Waals surface area contributed by atoms with Crippen molar-refractivity contribution in [1.82, 2.24) is 19.2 Å². The molecule has 0 atom stereocenters. The number of methoxy groups -OCH3 is 1. The first-order chi connectivity index (χ1) is 10.1. The molecule has 1 saturated heterocycles. The quantitative estimate of drug-likeness (QED) is 0.828. The van der Waals surface area contributed by atoms with Gasteiger partial charge in [-0.25, -0.2) is 4.98 Å². The molecule has 0 bridgehead atoms. The maximum atomic E-state index is 12.8. The Morgan fingerprint density at radius 3 is 2.67 bits per heavy atom. The second kappa shape index (κ2) is 5.37. The fourth-order valence-corrected chi connectivity index (χ4v) is 2.73. The number of aromatic nitrogens is 2. The smallest absolute Gasteiger partial charge is 0.272 e. The summed E-state index contributed by atoms with van der Waals surface area (Å²) in [6.45, 7) is 5.20. The molecule has 21 heavy (non-hydrogen) atoms. The number of hydrogen-bond acceptors (Lipinski definition) is 4. The number of likely N-dealkylation sites (N-methyl/N-ethyl adjacent to an activating group) is 1. The Balaban J connectivity index is 2.00. The highest BCUT2D eigenvalue weighted by atomic mass is 16.5. The van der Waals surface area contributed by atoms with Crippen molar-refractivity contribution >= 4 is 11.6 Å². The summed E-state index contributed by atoms with van der Waals surface area (Å²) < 4.78 is 7.15. The molecule has 0 aromatic carbocycles. The number of ether oxygens (including phenoxy) is 1. The molecule has 6 nitrogen and oxygen atoms in total. The van der Waals surface area contributed by atoms with Gasteiger partial charge in [0.1, 0.15) is 5.69 Å². The third-order valence-electron chi connectivity index (χ3n) is 4.00. The lowest BCUT2D eigenvalue weighted by Gasteiger charge is -2.32. The average molecular weight is 288 g/mol. The van der Waals surface area contributed by atoms with Gasteiger partial charge in [-0.15, -0.1) is 0 Å². The lowest BCUT2D eigenvalue weighted by Crippen LogP contribution is -2.47. The Kier molecular flexibility index (Phi) is 3.55. The molecule has 0 N–H and O–H groups in total. The Morgan fingerprint density at radius 1 is 1.29 bits per heavy atom. The Hall–Kier alpha value is -2.08. The number of hydrogen-bond donors (Lipinski definition) is 0. The van der Waals surface area contributed by atoms with Crippen LogP contribution in [0.25, 0.3) is 5.65 Å². The summed E-state index contributed by atoms with van der Waals surface area (Å²) in [5.74, 6) is 0.722. The topological polar surface area (TPSA) is 50.1 Å². The van der Waals surface area contributed by atoms with Crippen LogP contribution in [-0.2, 0) is 0 Å². The summed E-state index contributed by atoms with van der Waals surface area (Å²) in [5, 5.41) is 0. The zero-order valence-corrected chi connectivity index (χ0v) is 12.7. The first-order valence-electron chi connectivity index (χ1n) is 7.11. The van der Waals surface area contributed by atoms with Crippen LogP contribution in [0.15, 0.2) is 18.3 Å². The molecule has 0 saturated carbocycles. The fraction of sp³-hybridized carbons (Fsp3) is 0.467. The Morgan fingerprint density at radius 2 is 2.00 bits per heavy atom. The molecule has 3 rings (SSSR count). The minimum Gasteiger partial charge on any atom is -0.493 e. The van der Waals surface area contributed by atoms with E-state index in [4.69, 9.17) is 4.74 Å². The zero-order chi connectivity index (χ0) is 15.0. The molecule has 1 aliphatic heterocycles. The van der Waals surface area contributed by atoms with Gasteiger partial charge in [-0.05, 0) is 26.1 Å². The van der Waals surface area contributed by atoms with Gasteiger partial charge in [0.05, 0.1) is 12.8 Å². The highest BCUT2D eigenvalue weighted by molar-refractivity contribution is 5.95. The van der Waals surface area contributed by atoms with Crippen LogP contribution in [0.1, 0.15) is 16.2 Å². The second-order valence-corrected chi connectivity index (χ2v) is 5.41. The van der Waals surface area contributed by atoms with Crippen LogP contribution in [0.5, 0.6) is 5.75 Å². The predicted molar refractivity (Wildman–Crippen MR) is 79.9 cm³/mol. The maximum Gasteiger partial charge on any atom is 0.272 e. The Bertz CT molecular complexity index is 672. The third kappa shape index (κ3) is 2.35. The Labute approximate surface area is 123 Å². The van der Waals surface area contributed by atoms with Crippen molar-refractivity contribution in [3.63, 3.8) is 0 Å². The molecular formula is C15H20N4O2. The molecule has 2 aromatic heterocycles. The van der Waals surface area contributed by atoms with Gasteiger partial charge in [-0.3, -0.25) is 9.20 Å². The van der Waals surface area contributed by atoms with Crippen LogP contribution in [0, 0.1) is 6.92 Å². The molecule has 2 aromatic rings. The van der Waals surface area contributed by atoms with Crippen LogP contribution in [0.4, 0.5) is 0 Å². The number of pyridine rings is 1. The summed E-state index contributed by atoms with van der Waals surface area (Å²) in [5.41, 5.74) is 2.06. The summed E-state index contributed by atoms with van der Waals surface area (Å²) in [4.78, 5) is 21.4. The normalized spacial score (nSPS) is 16.4. The van der Waals surface area contributed by atoms with E-state index in [0.717, 1.165) is 31.9 Å². The molecule has 1 amide bonds. The standard InChI is InChI=1S/C15H20N4O2/c1-11-13(15(20)18-9-7-17(2)8-10-18)19-6-4-5-12(21-3)14(19)16-11/h4-6H,7-10H2,1-3H3. The van der Waals surface area contributed by atoms with Crippen LogP contribution in [-0.4, -0.2) is 65.4 Å². The molecule has 0 radical (unpaired) electrons. The number of fused-ring (bicyclic) bond motifs is 1. The number of nitrogens with zero attached hydrogens (tertiary/aromatic N) is 4. The molecule has 112 valence electrons. The van der Waals surface area contributed by atoms with E-state index in [-0.39, 0.29) is 5.91 Å². The van der Waals surface area contributed by atoms with E-state index < -0.39 is 0 Å². The van der Waals surface area contributed by atoms with E-state index in [0.29, 0.717) is 17.1 Å². The van der Waals surface area contributed by atoms with Gasteiger partial charge in [-0.1, -0.05) is 0 Å². The van der Waals surface area contributed by atoms with E-state index in [2.05, 4.69) is 16.9 Å². The van der Waals surface area contributed by atoms with E-state index >= 15 is 0 Å². The first-order valence-corrected chi connectivity index (χ1v) is 7.11. The van der Waals surface area contributed by atoms with Gasteiger partial charge >= 0.3 is 0 Å². The molecule has 1 fully saturated rings. The van der Waals surface area contributed by atoms with Crippen molar-refractivity contribution in [3.05, 3.63) is 29.7 Å². The minimum atomic E-state index is 0.0429. The third-order valence-corrected chi connectivity index (χ3v) is 4.00. The number of piperazine rings is 1. The minimum absolute atomic E-state index is 0.0429. The van der Waals surface area contributed by atoms with Gasteiger partial charge in [0.2, 0.25) is 0 Å². The van der Waals surface area contributed by atoms with Gasteiger partial charge in [0, 0.05) is 32.4 Å². The summed E-state index contributed by atoms with van der Waals surface area (Å²) in [6.07, 6.45) is 1.86. The number of aryl methyl sites for hydroxylation is 1. The predicted octanol–water partition coefficient (Wildman–Crippen LogP) is 1.04. The van der Waals surface area contributed by atoms with Crippen LogP contribution in [0.3, 0.4) is 0 Å². The van der Waals surface area contributed by atoms with Crippen molar-refractivity contribution in [2.75, 3.05) is 40.3 Å². The van der Waals surface area contributed by atoms with Gasteiger partial charge in [0.25, 0.3) is 5.91 Å². The van der Waals surface area contributed by atoms with E-state index in [1.807, 2.05) is 34.6 Å². The zero-order valence-electron chi connectivity index (χ0n) is 12.7. The van der Waals surface area contributed by atoms with Crippen molar-refractivity contribution in [3.8, 4) is 5.75 Å². The van der Waals surface area contributed by atoms with Gasteiger partial charge in [0.15, 0.2) is 11.4 Å². The van der Waals surface area contributed by atoms with E-state index in [1.54, 1.807) is 7.11 Å². The average Bonchev–Trinajstić information content (AvgIpc) is 2.83. The van der Waals surface area contributed by atoms with Crippen molar-refractivity contribution in [2.45, 2.75) is 6.92 Å². The van der Waals surface area contributed by atoms with Crippen LogP contribution in [0.2, 0.25) is 0 Å².